The molecule has 0 aliphatic heterocycles. The van der Waals surface area contributed by atoms with E-state index in [1.807, 2.05) is 39.0 Å². The Balaban J connectivity index is 2.07. The summed E-state index contributed by atoms with van der Waals surface area (Å²) in [7, 11) is 0. The quantitative estimate of drug-likeness (QED) is 0.506. The SMILES string of the molecule is Cc1noc(C)c1-c1ccc([N+](=O)[O-])c(N[C@H](c2ccccn2)C(C)C)n1. The van der Waals surface area contributed by atoms with Crippen molar-refractivity contribution in [3.8, 4) is 11.3 Å². The van der Waals surface area contributed by atoms with Crippen LogP contribution in [-0.2, 0) is 0 Å². The number of aromatic nitrogens is 3. The molecule has 0 aliphatic rings. The highest BCUT2D eigenvalue weighted by Gasteiger charge is 2.24. The lowest BCUT2D eigenvalue weighted by molar-refractivity contribution is -0.384. The smallest absolute Gasteiger partial charge is 0.311 e. The van der Waals surface area contributed by atoms with E-state index in [2.05, 4.69) is 20.4 Å². The number of nitro groups is 1. The van der Waals surface area contributed by atoms with E-state index in [4.69, 9.17) is 4.52 Å². The number of nitrogens with zero attached hydrogens (tertiary/aromatic N) is 4. The van der Waals surface area contributed by atoms with Crippen molar-refractivity contribution in [1.29, 1.82) is 0 Å². The van der Waals surface area contributed by atoms with Crippen molar-refractivity contribution >= 4 is 11.5 Å². The molecular formula is C19H21N5O3. The van der Waals surface area contributed by atoms with Crippen LogP contribution in [0.1, 0.15) is 37.0 Å². The molecule has 0 bridgehead atoms. The first kappa shape index (κ1) is 18.5. The van der Waals surface area contributed by atoms with Crippen LogP contribution in [0, 0.1) is 29.9 Å². The molecule has 0 amide bonds. The first-order valence-electron chi connectivity index (χ1n) is 8.64. The first-order chi connectivity index (χ1) is 12.9. The third-order valence-corrected chi connectivity index (χ3v) is 4.33. The Kier molecular flexibility index (Phi) is 5.16. The number of aryl methyl sites for hydroxylation is 2. The van der Waals surface area contributed by atoms with E-state index in [1.54, 1.807) is 19.2 Å². The molecule has 0 unspecified atom stereocenters. The molecule has 3 aromatic rings. The molecule has 3 rings (SSSR count). The van der Waals surface area contributed by atoms with Crippen LogP contribution >= 0.6 is 0 Å². The summed E-state index contributed by atoms with van der Waals surface area (Å²) in [6, 6.07) is 8.45. The molecule has 0 saturated carbocycles. The van der Waals surface area contributed by atoms with E-state index >= 15 is 0 Å². The molecule has 8 heteroatoms. The third kappa shape index (κ3) is 3.79. The summed E-state index contributed by atoms with van der Waals surface area (Å²) in [5.74, 6) is 0.954. The maximum absolute atomic E-state index is 11.5. The van der Waals surface area contributed by atoms with Gasteiger partial charge in [-0.2, -0.15) is 0 Å². The van der Waals surface area contributed by atoms with Gasteiger partial charge in [0.15, 0.2) is 0 Å². The molecule has 0 saturated heterocycles. The van der Waals surface area contributed by atoms with Gasteiger partial charge in [0.25, 0.3) is 0 Å². The van der Waals surface area contributed by atoms with Crippen LogP contribution < -0.4 is 5.32 Å². The molecule has 0 spiro atoms. The second kappa shape index (κ2) is 7.53. The number of hydrogen-bond acceptors (Lipinski definition) is 7. The fourth-order valence-electron chi connectivity index (χ4n) is 2.98. The average Bonchev–Trinajstić information content (AvgIpc) is 2.98. The molecule has 3 heterocycles. The lowest BCUT2D eigenvalue weighted by Gasteiger charge is -2.22. The molecule has 0 fully saturated rings. The Labute approximate surface area is 156 Å². The molecule has 1 N–H and O–H groups in total. The minimum Gasteiger partial charge on any atom is -0.361 e. The van der Waals surface area contributed by atoms with Crippen molar-refractivity contribution < 1.29 is 9.45 Å². The van der Waals surface area contributed by atoms with E-state index in [0.29, 0.717) is 17.1 Å². The lowest BCUT2D eigenvalue weighted by atomic mass is 10.00. The minimum absolute atomic E-state index is 0.0907. The van der Waals surface area contributed by atoms with Crippen LogP contribution in [-0.4, -0.2) is 20.0 Å². The number of hydrogen-bond donors (Lipinski definition) is 1. The van der Waals surface area contributed by atoms with Crippen molar-refractivity contribution in [1.82, 2.24) is 15.1 Å². The zero-order valence-corrected chi connectivity index (χ0v) is 15.6. The monoisotopic (exact) mass is 367 g/mol. The molecule has 140 valence electrons. The fourth-order valence-corrected chi connectivity index (χ4v) is 2.98. The van der Waals surface area contributed by atoms with Gasteiger partial charge >= 0.3 is 5.69 Å². The van der Waals surface area contributed by atoms with Gasteiger partial charge in [0.2, 0.25) is 5.82 Å². The van der Waals surface area contributed by atoms with Crippen LogP contribution in [0.2, 0.25) is 0 Å². The van der Waals surface area contributed by atoms with E-state index in [1.165, 1.54) is 6.07 Å². The summed E-state index contributed by atoms with van der Waals surface area (Å²) in [4.78, 5) is 20.0. The van der Waals surface area contributed by atoms with Gasteiger partial charge < -0.3 is 9.84 Å². The zero-order chi connectivity index (χ0) is 19.6. The number of nitrogens with one attached hydrogen (secondary N) is 1. The van der Waals surface area contributed by atoms with Gasteiger partial charge in [0.1, 0.15) is 5.76 Å². The average molecular weight is 367 g/mol. The Morgan fingerprint density at radius 2 is 1.96 bits per heavy atom. The van der Waals surface area contributed by atoms with Crippen molar-refractivity contribution in [3.05, 3.63) is 63.8 Å². The Bertz CT molecular complexity index is 934. The Hall–Kier alpha value is -3.29. The van der Waals surface area contributed by atoms with Gasteiger partial charge in [-0.05, 0) is 38.0 Å². The molecule has 3 aromatic heterocycles. The fraction of sp³-hybridized carbons (Fsp3) is 0.316. The van der Waals surface area contributed by atoms with Gasteiger partial charge in [-0.25, -0.2) is 4.98 Å². The van der Waals surface area contributed by atoms with Gasteiger partial charge in [-0.3, -0.25) is 15.1 Å². The number of anilines is 1. The molecule has 0 aromatic carbocycles. The summed E-state index contributed by atoms with van der Waals surface area (Å²) in [5, 5.41) is 18.7. The van der Waals surface area contributed by atoms with Crippen molar-refractivity contribution in [3.63, 3.8) is 0 Å². The predicted molar refractivity (Wildman–Crippen MR) is 101 cm³/mol. The molecular weight excluding hydrogens is 346 g/mol. The predicted octanol–water partition coefficient (Wildman–Crippen LogP) is 4.47. The van der Waals surface area contributed by atoms with Crippen LogP contribution in [0.25, 0.3) is 11.3 Å². The largest absolute Gasteiger partial charge is 0.361 e. The molecule has 8 nitrogen and oxygen atoms in total. The van der Waals surface area contributed by atoms with Crippen molar-refractivity contribution in [2.24, 2.45) is 5.92 Å². The second-order valence-corrected chi connectivity index (χ2v) is 6.64. The molecule has 0 aliphatic carbocycles. The summed E-state index contributed by atoms with van der Waals surface area (Å²) >= 11 is 0. The van der Waals surface area contributed by atoms with E-state index < -0.39 is 4.92 Å². The minimum atomic E-state index is -0.442. The maximum Gasteiger partial charge on any atom is 0.311 e. The topological polar surface area (TPSA) is 107 Å². The highest BCUT2D eigenvalue weighted by molar-refractivity contribution is 5.69. The molecule has 27 heavy (non-hydrogen) atoms. The van der Waals surface area contributed by atoms with Crippen LogP contribution in [0.3, 0.4) is 0 Å². The normalized spacial score (nSPS) is 12.2. The van der Waals surface area contributed by atoms with Crippen LogP contribution in [0.4, 0.5) is 11.5 Å². The Morgan fingerprint density at radius 3 is 2.52 bits per heavy atom. The summed E-state index contributed by atoms with van der Waals surface area (Å²) in [6.45, 7) is 7.65. The van der Waals surface area contributed by atoms with E-state index in [9.17, 15) is 10.1 Å². The van der Waals surface area contributed by atoms with Crippen LogP contribution in [0.5, 0.6) is 0 Å². The molecule has 1 atom stereocenters. The second-order valence-electron chi connectivity index (χ2n) is 6.64. The number of rotatable bonds is 6. The lowest BCUT2D eigenvalue weighted by Crippen LogP contribution is -2.19. The van der Waals surface area contributed by atoms with E-state index in [0.717, 1.165) is 11.3 Å². The van der Waals surface area contributed by atoms with Gasteiger partial charge in [-0.1, -0.05) is 25.1 Å². The van der Waals surface area contributed by atoms with Gasteiger partial charge in [0.05, 0.1) is 33.6 Å². The number of pyridine rings is 2. The summed E-state index contributed by atoms with van der Waals surface area (Å²) < 4.78 is 5.20. The maximum atomic E-state index is 11.5. The van der Waals surface area contributed by atoms with Crippen molar-refractivity contribution in [2.75, 3.05) is 5.32 Å². The van der Waals surface area contributed by atoms with Crippen molar-refractivity contribution in [2.45, 2.75) is 33.7 Å². The van der Waals surface area contributed by atoms with Gasteiger partial charge in [0, 0.05) is 12.3 Å². The highest BCUT2D eigenvalue weighted by atomic mass is 16.6. The molecule has 0 radical (unpaired) electrons. The summed E-state index contributed by atoms with van der Waals surface area (Å²) in [6.07, 6.45) is 1.70. The van der Waals surface area contributed by atoms with Crippen LogP contribution in [0.15, 0.2) is 41.1 Å². The zero-order valence-electron chi connectivity index (χ0n) is 15.6. The highest BCUT2D eigenvalue weighted by Crippen LogP contribution is 2.33. The van der Waals surface area contributed by atoms with E-state index in [-0.39, 0.29) is 23.5 Å². The standard InChI is InChI=1S/C19H21N5O3/c1-11(2)18(15-7-5-6-10-20-15)22-19-16(24(25)26)9-8-14(21-19)17-12(3)23-27-13(17)4/h5-11,18H,1-4H3,(H,21,22)/t18-/m0/s1. The van der Waals surface area contributed by atoms with Gasteiger partial charge in [-0.15, -0.1) is 0 Å². The first-order valence-corrected chi connectivity index (χ1v) is 8.64. The third-order valence-electron chi connectivity index (χ3n) is 4.33. The summed E-state index contributed by atoms with van der Waals surface area (Å²) in [5.41, 5.74) is 2.71. The Morgan fingerprint density at radius 1 is 1.19 bits per heavy atom.